The van der Waals surface area contributed by atoms with Crippen molar-refractivity contribution in [2.24, 2.45) is 5.92 Å². The van der Waals surface area contributed by atoms with Crippen LogP contribution in [0.2, 0.25) is 0 Å². The maximum Gasteiger partial charge on any atom is 0.472 e. The zero-order valence-corrected chi connectivity index (χ0v) is 57.9. The average Bonchev–Trinajstić information content (AvgIpc) is 3.70. The van der Waals surface area contributed by atoms with Crippen molar-refractivity contribution in [1.82, 2.24) is 0 Å². The number of aliphatic hydroxyl groups is 1. The van der Waals surface area contributed by atoms with Crippen LogP contribution in [0, 0.1) is 5.92 Å². The number of rotatable bonds is 68. The second kappa shape index (κ2) is 61.6. The Morgan fingerprint density at radius 3 is 0.782 bits per heavy atom. The first-order chi connectivity index (χ1) is 42.0. The number of unbranched alkanes of at least 4 members (excludes halogenated alkanes) is 40. The maximum absolute atomic E-state index is 13.0. The second-order valence-electron chi connectivity index (χ2n) is 25.0. The summed E-state index contributed by atoms with van der Waals surface area (Å²) in [6, 6.07) is 0. The molecule has 0 fully saturated rings. The highest BCUT2D eigenvalue weighted by Crippen LogP contribution is 2.45. The van der Waals surface area contributed by atoms with Crippen LogP contribution in [0.4, 0.5) is 0 Å². The number of carbonyl (C=O) groups is 4. The van der Waals surface area contributed by atoms with Crippen LogP contribution >= 0.6 is 15.6 Å². The normalized spacial score (nSPS) is 14.1. The van der Waals surface area contributed by atoms with Crippen molar-refractivity contribution in [3.8, 4) is 0 Å². The molecular weight excluding hydrogens is 1150 g/mol. The topological polar surface area (TPSA) is 237 Å². The van der Waals surface area contributed by atoms with Gasteiger partial charge in [0.15, 0.2) is 12.2 Å². The van der Waals surface area contributed by atoms with E-state index in [0.29, 0.717) is 25.7 Å². The Bertz CT molecular complexity index is 1690. The minimum atomic E-state index is -4.95. The molecule has 2 unspecified atom stereocenters. The highest BCUT2D eigenvalue weighted by atomic mass is 31.2. The van der Waals surface area contributed by atoms with E-state index in [1.54, 1.807) is 0 Å². The van der Waals surface area contributed by atoms with Gasteiger partial charge >= 0.3 is 39.5 Å². The van der Waals surface area contributed by atoms with Crippen LogP contribution in [0.3, 0.4) is 0 Å². The lowest BCUT2D eigenvalue weighted by atomic mass is 10.0. The van der Waals surface area contributed by atoms with Gasteiger partial charge in [0, 0.05) is 25.7 Å². The van der Waals surface area contributed by atoms with Gasteiger partial charge in [-0.15, -0.1) is 0 Å². The first kappa shape index (κ1) is 85.1. The van der Waals surface area contributed by atoms with Gasteiger partial charge in [0.2, 0.25) is 0 Å². The fraction of sp³-hybridized carbons (Fsp3) is 0.941. The maximum atomic E-state index is 13.0. The summed E-state index contributed by atoms with van der Waals surface area (Å²) in [5, 5.41) is 10.5. The number of hydrogen-bond donors (Lipinski definition) is 3. The zero-order valence-electron chi connectivity index (χ0n) is 56.2. The van der Waals surface area contributed by atoms with E-state index in [-0.39, 0.29) is 25.7 Å². The monoisotopic (exact) mass is 1280 g/mol. The SMILES string of the molecule is CCCCCCCCCCCCCCCCCCC(=O)OC[C@H](COP(=O)(O)OC[C@@H](O)COP(=O)(O)OC[C@@H](COC(=O)CCCCCCCCC)OC(=O)CCCCCCCCCC)OC(=O)CCCCCCCCCCCCCCCC(C)C. The van der Waals surface area contributed by atoms with Gasteiger partial charge in [-0.05, 0) is 31.6 Å². The number of hydrogen-bond acceptors (Lipinski definition) is 15. The molecule has 0 aromatic carbocycles. The van der Waals surface area contributed by atoms with Gasteiger partial charge in [-0.1, -0.05) is 298 Å². The third kappa shape index (κ3) is 62.6. The third-order valence-corrected chi connectivity index (χ3v) is 17.7. The number of esters is 4. The molecule has 0 bridgehead atoms. The first-order valence-electron chi connectivity index (χ1n) is 35.6. The minimum Gasteiger partial charge on any atom is -0.462 e. The molecule has 0 saturated heterocycles. The van der Waals surface area contributed by atoms with E-state index in [1.807, 2.05) is 0 Å². The van der Waals surface area contributed by atoms with Crippen LogP contribution in [0.25, 0.3) is 0 Å². The van der Waals surface area contributed by atoms with Crippen molar-refractivity contribution in [3.63, 3.8) is 0 Å². The molecule has 0 aliphatic carbocycles. The molecule has 0 amide bonds. The van der Waals surface area contributed by atoms with Crippen molar-refractivity contribution >= 4 is 39.5 Å². The summed E-state index contributed by atoms with van der Waals surface area (Å²) >= 11 is 0. The molecule has 0 aromatic heterocycles. The van der Waals surface area contributed by atoms with E-state index >= 15 is 0 Å². The summed E-state index contributed by atoms with van der Waals surface area (Å²) in [7, 11) is -9.89. The van der Waals surface area contributed by atoms with Crippen molar-refractivity contribution in [2.45, 2.75) is 368 Å². The van der Waals surface area contributed by atoms with Crippen LogP contribution in [0.5, 0.6) is 0 Å². The van der Waals surface area contributed by atoms with Crippen LogP contribution in [0.15, 0.2) is 0 Å². The predicted molar refractivity (Wildman–Crippen MR) is 349 cm³/mol. The highest BCUT2D eigenvalue weighted by molar-refractivity contribution is 7.47. The third-order valence-electron chi connectivity index (χ3n) is 15.8. The van der Waals surface area contributed by atoms with E-state index < -0.39 is 97.5 Å². The van der Waals surface area contributed by atoms with E-state index in [0.717, 1.165) is 115 Å². The number of carbonyl (C=O) groups excluding carboxylic acids is 4. The van der Waals surface area contributed by atoms with E-state index in [1.165, 1.54) is 154 Å². The first-order valence-corrected chi connectivity index (χ1v) is 38.6. The largest absolute Gasteiger partial charge is 0.472 e. The number of phosphoric ester groups is 2. The molecule has 0 rings (SSSR count). The second-order valence-corrected chi connectivity index (χ2v) is 27.9. The molecule has 0 saturated carbocycles. The predicted octanol–water partition coefficient (Wildman–Crippen LogP) is 19.4. The number of ether oxygens (including phenoxy) is 4. The van der Waals surface area contributed by atoms with Gasteiger partial charge in [-0.3, -0.25) is 37.3 Å². The summed E-state index contributed by atoms with van der Waals surface area (Å²) in [5.41, 5.74) is 0. The quantitative estimate of drug-likeness (QED) is 0.0222. The Balaban J connectivity index is 5.17. The zero-order chi connectivity index (χ0) is 64.2. The van der Waals surface area contributed by atoms with E-state index in [2.05, 4.69) is 34.6 Å². The Morgan fingerprint density at radius 2 is 0.529 bits per heavy atom. The van der Waals surface area contributed by atoms with Gasteiger partial charge in [-0.2, -0.15) is 0 Å². The molecule has 0 heterocycles. The van der Waals surface area contributed by atoms with Crippen molar-refractivity contribution in [3.05, 3.63) is 0 Å². The Hall–Kier alpha value is -1.94. The summed E-state index contributed by atoms with van der Waals surface area (Å²) < 4.78 is 68.0. The molecule has 0 radical (unpaired) electrons. The molecule has 0 spiro atoms. The summed E-state index contributed by atoms with van der Waals surface area (Å²) in [5.74, 6) is -1.35. The number of phosphoric acid groups is 2. The summed E-state index contributed by atoms with van der Waals surface area (Å²) in [4.78, 5) is 72.2. The lowest BCUT2D eigenvalue weighted by Gasteiger charge is -2.21. The van der Waals surface area contributed by atoms with Crippen LogP contribution < -0.4 is 0 Å². The highest BCUT2D eigenvalue weighted by Gasteiger charge is 2.30. The minimum absolute atomic E-state index is 0.105. The summed E-state index contributed by atoms with van der Waals surface area (Å²) in [6.07, 6.45) is 47.4. The van der Waals surface area contributed by atoms with Gasteiger partial charge in [0.25, 0.3) is 0 Å². The van der Waals surface area contributed by atoms with Crippen molar-refractivity contribution in [1.29, 1.82) is 0 Å². The fourth-order valence-electron chi connectivity index (χ4n) is 10.3. The Morgan fingerprint density at radius 1 is 0.310 bits per heavy atom. The Kier molecular flexibility index (Phi) is 60.2. The van der Waals surface area contributed by atoms with Crippen LogP contribution in [-0.2, 0) is 65.4 Å². The molecule has 87 heavy (non-hydrogen) atoms. The molecule has 17 nitrogen and oxygen atoms in total. The molecule has 3 N–H and O–H groups in total. The molecule has 5 atom stereocenters. The van der Waals surface area contributed by atoms with Crippen molar-refractivity contribution in [2.75, 3.05) is 39.6 Å². The van der Waals surface area contributed by atoms with Gasteiger partial charge in [-0.25, -0.2) is 9.13 Å². The number of aliphatic hydroxyl groups excluding tert-OH is 1. The van der Waals surface area contributed by atoms with E-state index in [9.17, 15) is 43.2 Å². The van der Waals surface area contributed by atoms with Gasteiger partial charge < -0.3 is 33.8 Å². The average molecular weight is 1280 g/mol. The fourth-order valence-corrected chi connectivity index (χ4v) is 11.9. The van der Waals surface area contributed by atoms with Crippen LogP contribution in [0.1, 0.15) is 349 Å². The molecular formula is C68H132O17P2. The summed E-state index contributed by atoms with van der Waals surface area (Å²) in [6.45, 7) is 7.18. The molecule has 516 valence electrons. The van der Waals surface area contributed by atoms with Crippen LogP contribution in [-0.4, -0.2) is 96.7 Å². The molecule has 19 heteroatoms. The van der Waals surface area contributed by atoms with Gasteiger partial charge in [0.1, 0.15) is 19.3 Å². The van der Waals surface area contributed by atoms with Crippen molar-refractivity contribution < 1.29 is 80.2 Å². The molecule has 0 aliphatic rings. The lowest BCUT2D eigenvalue weighted by Crippen LogP contribution is -2.30. The van der Waals surface area contributed by atoms with Gasteiger partial charge in [0.05, 0.1) is 26.4 Å². The smallest absolute Gasteiger partial charge is 0.462 e. The lowest BCUT2D eigenvalue weighted by molar-refractivity contribution is -0.161. The standard InChI is InChI=1S/C68H132O17P2/c1-6-9-12-15-18-20-21-22-23-24-27-30-33-38-42-47-52-66(71)79-58-64(85-68(73)54-49-44-39-34-31-28-25-26-29-32-36-40-45-50-61(4)5)60-83-87(76,77)81-56-62(69)55-80-86(74,75)82-59-63(57-78-65(70)51-46-41-35-17-14-11-8-3)84-67(72)53-48-43-37-19-16-13-10-7-2/h61-64,69H,6-60H2,1-5H3,(H,74,75)(H,76,77)/t62-,63+,64+/m0/s1. The molecule has 0 aromatic rings. The molecule has 0 aliphatic heterocycles. The van der Waals surface area contributed by atoms with E-state index in [4.69, 9.17) is 37.0 Å². The Labute approximate surface area is 530 Å².